The number of nitrogens with zero attached hydrogens (tertiary/aromatic N) is 3. The van der Waals surface area contributed by atoms with Crippen LogP contribution in [0, 0.1) is 5.92 Å². The summed E-state index contributed by atoms with van der Waals surface area (Å²) >= 11 is 0. The summed E-state index contributed by atoms with van der Waals surface area (Å²) in [7, 11) is 1.88. The molecule has 1 atom stereocenters. The Labute approximate surface area is 155 Å². The number of hydrogen-bond acceptors (Lipinski definition) is 4. The van der Waals surface area contributed by atoms with E-state index in [1.54, 1.807) is 0 Å². The van der Waals surface area contributed by atoms with Gasteiger partial charge in [0.1, 0.15) is 0 Å². The molecule has 2 saturated heterocycles. The lowest BCUT2D eigenvalue weighted by molar-refractivity contribution is -0.0350. The minimum Gasteiger partial charge on any atom is -0.383 e. The van der Waals surface area contributed by atoms with Gasteiger partial charge in [-0.25, -0.2) is 0 Å². The van der Waals surface area contributed by atoms with Gasteiger partial charge in [0.15, 0.2) is 0 Å². The summed E-state index contributed by atoms with van der Waals surface area (Å²) in [6.45, 7) is 14.2. The average molecular weight is 352 g/mol. The Hall–Kier alpha value is -0.160. The van der Waals surface area contributed by atoms with Crippen LogP contribution in [0.1, 0.15) is 59.3 Å². The molecule has 0 radical (unpaired) electrons. The second-order valence-electron chi connectivity index (χ2n) is 9.12. The Balaban J connectivity index is 1.55. The van der Waals surface area contributed by atoms with Crippen molar-refractivity contribution < 1.29 is 4.74 Å². The lowest BCUT2D eigenvalue weighted by Gasteiger charge is -2.50. The van der Waals surface area contributed by atoms with Gasteiger partial charge in [-0.1, -0.05) is 6.92 Å². The summed E-state index contributed by atoms with van der Waals surface area (Å²) in [5, 5.41) is 0. The van der Waals surface area contributed by atoms with E-state index < -0.39 is 0 Å². The standard InChI is InChI=1S/C21H41N3O/c1-17(2)22-11-9-20(10-12-22)24-14-13-23(15-21(24)16-25-4)19-7-5-18(3)6-8-19/h17-21H,5-16H2,1-4H3. The lowest BCUT2D eigenvalue weighted by atomic mass is 9.86. The van der Waals surface area contributed by atoms with Gasteiger partial charge in [0.2, 0.25) is 0 Å². The number of likely N-dealkylation sites (tertiary alicyclic amines) is 1. The molecule has 0 bridgehead atoms. The molecule has 4 nitrogen and oxygen atoms in total. The third-order valence-electron chi connectivity index (χ3n) is 7.12. The Morgan fingerprint density at radius 3 is 2.16 bits per heavy atom. The lowest BCUT2D eigenvalue weighted by Crippen LogP contribution is -2.61. The molecule has 0 aromatic rings. The molecule has 2 heterocycles. The summed E-state index contributed by atoms with van der Waals surface area (Å²) in [5.74, 6) is 0.943. The zero-order valence-electron chi connectivity index (χ0n) is 17.1. The Morgan fingerprint density at radius 1 is 0.880 bits per heavy atom. The van der Waals surface area contributed by atoms with E-state index in [0.717, 1.165) is 24.6 Å². The number of methoxy groups -OCH3 is 1. The first-order valence-electron chi connectivity index (χ1n) is 10.8. The van der Waals surface area contributed by atoms with E-state index in [1.807, 2.05) is 7.11 Å². The van der Waals surface area contributed by atoms with Crippen molar-refractivity contribution in [2.75, 3.05) is 46.4 Å². The highest BCUT2D eigenvalue weighted by molar-refractivity contribution is 4.92. The maximum atomic E-state index is 5.64. The first kappa shape index (κ1) is 19.6. The van der Waals surface area contributed by atoms with Crippen LogP contribution < -0.4 is 0 Å². The SMILES string of the molecule is COCC1CN(C2CCC(C)CC2)CCN1C1CCN(C(C)C)CC1. The van der Waals surface area contributed by atoms with Gasteiger partial charge in [0.25, 0.3) is 0 Å². The van der Waals surface area contributed by atoms with Crippen LogP contribution in [0.2, 0.25) is 0 Å². The van der Waals surface area contributed by atoms with Gasteiger partial charge in [-0.2, -0.15) is 0 Å². The largest absolute Gasteiger partial charge is 0.383 e. The predicted molar refractivity (Wildman–Crippen MR) is 105 cm³/mol. The summed E-state index contributed by atoms with van der Waals surface area (Å²) < 4.78 is 5.64. The van der Waals surface area contributed by atoms with Crippen molar-refractivity contribution in [1.29, 1.82) is 0 Å². The molecule has 3 fully saturated rings. The molecular formula is C21H41N3O. The summed E-state index contributed by atoms with van der Waals surface area (Å²) in [5.41, 5.74) is 0. The first-order valence-corrected chi connectivity index (χ1v) is 10.8. The van der Waals surface area contributed by atoms with E-state index in [-0.39, 0.29) is 0 Å². The maximum Gasteiger partial charge on any atom is 0.0630 e. The quantitative estimate of drug-likeness (QED) is 0.758. The van der Waals surface area contributed by atoms with Crippen LogP contribution >= 0.6 is 0 Å². The predicted octanol–water partition coefficient (Wildman–Crippen LogP) is 3.07. The summed E-state index contributed by atoms with van der Waals surface area (Å²) in [6, 6.07) is 2.89. The number of rotatable bonds is 5. The van der Waals surface area contributed by atoms with Crippen LogP contribution in [0.3, 0.4) is 0 Å². The maximum absolute atomic E-state index is 5.64. The van der Waals surface area contributed by atoms with E-state index >= 15 is 0 Å². The normalized spacial score (nSPS) is 34.7. The van der Waals surface area contributed by atoms with E-state index in [4.69, 9.17) is 4.74 Å². The average Bonchev–Trinajstić information content (AvgIpc) is 2.63. The fraction of sp³-hybridized carbons (Fsp3) is 1.00. The molecular weight excluding hydrogens is 310 g/mol. The van der Waals surface area contributed by atoms with Gasteiger partial charge in [0, 0.05) is 50.9 Å². The number of ether oxygens (including phenoxy) is 1. The highest BCUT2D eigenvalue weighted by atomic mass is 16.5. The minimum atomic E-state index is 0.591. The molecule has 1 saturated carbocycles. The highest BCUT2D eigenvalue weighted by Crippen LogP contribution is 2.30. The molecule has 4 heteroatoms. The fourth-order valence-electron chi connectivity index (χ4n) is 5.39. The molecule has 1 aliphatic carbocycles. The first-order chi connectivity index (χ1) is 12.1. The van der Waals surface area contributed by atoms with Crippen LogP contribution in [0.15, 0.2) is 0 Å². The van der Waals surface area contributed by atoms with Crippen LogP contribution in [0.5, 0.6) is 0 Å². The molecule has 2 aliphatic heterocycles. The molecule has 0 aromatic heterocycles. The second kappa shape index (κ2) is 9.16. The third kappa shape index (κ3) is 4.97. The van der Waals surface area contributed by atoms with E-state index in [0.29, 0.717) is 12.1 Å². The Bertz CT molecular complexity index is 387. The number of hydrogen-bond donors (Lipinski definition) is 0. The number of piperidine rings is 1. The van der Waals surface area contributed by atoms with Gasteiger partial charge >= 0.3 is 0 Å². The Kier molecular flexibility index (Phi) is 7.18. The fourth-order valence-corrected chi connectivity index (χ4v) is 5.39. The molecule has 146 valence electrons. The van der Waals surface area contributed by atoms with Crippen molar-refractivity contribution in [3.63, 3.8) is 0 Å². The van der Waals surface area contributed by atoms with Crippen LogP contribution in [0.4, 0.5) is 0 Å². The number of piperazine rings is 1. The van der Waals surface area contributed by atoms with Gasteiger partial charge in [-0.15, -0.1) is 0 Å². The Morgan fingerprint density at radius 2 is 1.56 bits per heavy atom. The molecule has 0 spiro atoms. The molecule has 0 aromatic carbocycles. The molecule has 25 heavy (non-hydrogen) atoms. The van der Waals surface area contributed by atoms with E-state index in [1.165, 1.54) is 71.2 Å². The second-order valence-corrected chi connectivity index (χ2v) is 9.12. The van der Waals surface area contributed by atoms with Crippen LogP contribution in [-0.2, 0) is 4.74 Å². The topological polar surface area (TPSA) is 19.0 Å². The monoisotopic (exact) mass is 351 g/mol. The van der Waals surface area contributed by atoms with Gasteiger partial charge in [-0.05, 0) is 71.4 Å². The van der Waals surface area contributed by atoms with Gasteiger partial charge in [0.05, 0.1) is 6.61 Å². The van der Waals surface area contributed by atoms with Crippen molar-refractivity contribution in [1.82, 2.24) is 14.7 Å². The van der Waals surface area contributed by atoms with Crippen molar-refractivity contribution in [3.05, 3.63) is 0 Å². The molecule has 1 unspecified atom stereocenters. The van der Waals surface area contributed by atoms with Crippen LogP contribution in [-0.4, -0.2) is 85.3 Å². The summed E-state index contributed by atoms with van der Waals surface area (Å²) in [4.78, 5) is 8.25. The highest BCUT2D eigenvalue weighted by Gasteiger charge is 2.36. The van der Waals surface area contributed by atoms with Crippen LogP contribution in [0.25, 0.3) is 0 Å². The van der Waals surface area contributed by atoms with E-state index in [2.05, 4.69) is 35.5 Å². The zero-order chi connectivity index (χ0) is 17.8. The molecule has 3 aliphatic rings. The van der Waals surface area contributed by atoms with E-state index in [9.17, 15) is 0 Å². The summed E-state index contributed by atoms with van der Waals surface area (Å²) in [6.07, 6.45) is 8.33. The molecule has 0 N–H and O–H groups in total. The van der Waals surface area contributed by atoms with Crippen molar-refractivity contribution in [2.24, 2.45) is 5.92 Å². The minimum absolute atomic E-state index is 0.591. The van der Waals surface area contributed by atoms with Crippen molar-refractivity contribution in [2.45, 2.75) is 83.5 Å². The van der Waals surface area contributed by atoms with Gasteiger partial charge < -0.3 is 9.64 Å². The molecule has 0 amide bonds. The van der Waals surface area contributed by atoms with Crippen molar-refractivity contribution in [3.8, 4) is 0 Å². The zero-order valence-corrected chi connectivity index (χ0v) is 17.1. The smallest absolute Gasteiger partial charge is 0.0630 e. The van der Waals surface area contributed by atoms with Crippen molar-refractivity contribution >= 4 is 0 Å². The third-order valence-corrected chi connectivity index (χ3v) is 7.12. The molecule has 3 rings (SSSR count). The van der Waals surface area contributed by atoms with Gasteiger partial charge in [-0.3, -0.25) is 9.80 Å².